The van der Waals surface area contributed by atoms with Crippen LogP contribution in [0.3, 0.4) is 0 Å². The van der Waals surface area contributed by atoms with Gasteiger partial charge in [-0.3, -0.25) is 9.48 Å². The summed E-state index contributed by atoms with van der Waals surface area (Å²) in [6, 6.07) is 0.283. The number of hydrogen-bond acceptors (Lipinski definition) is 8. The van der Waals surface area contributed by atoms with Crippen molar-refractivity contribution in [1.29, 1.82) is 0 Å². The molecule has 13 heteroatoms. The second-order valence-corrected chi connectivity index (χ2v) is 9.42. The molecule has 2 aromatic rings. The van der Waals surface area contributed by atoms with Gasteiger partial charge in [-0.25, -0.2) is 4.98 Å². The van der Waals surface area contributed by atoms with Crippen LogP contribution in [0.4, 0.5) is 30.6 Å². The molecule has 1 amide bonds. The highest BCUT2D eigenvalue weighted by Crippen LogP contribution is 2.34. The van der Waals surface area contributed by atoms with Crippen LogP contribution < -0.4 is 10.6 Å². The highest BCUT2D eigenvalue weighted by Gasteiger charge is 2.35. The number of nitrogens with zero attached hydrogens (tertiary/aromatic N) is 6. The summed E-state index contributed by atoms with van der Waals surface area (Å²) in [7, 11) is 0. The number of piperidine rings is 1. The van der Waals surface area contributed by atoms with Crippen LogP contribution in [0.5, 0.6) is 0 Å². The number of carbonyl (C=O) groups excluding carboxylic acids is 1. The topological polar surface area (TPSA) is 100 Å². The van der Waals surface area contributed by atoms with Crippen molar-refractivity contribution in [2.75, 3.05) is 63.1 Å². The Kier molecular flexibility index (Phi) is 8.85. The summed E-state index contributed by atoms with van der Waals surface area (Å²) in [5, 5.41) is 10.4. The third-order valence-electron chi connectivity index (χ3n) is 6.83. The second kappa shape index (κ2) is 12.1. The third kappa shape index (κ3) is 7.10. The van der Waals surface area contributed by atoms with Crippen LogP contribution in [0.1, 0.15) is 49.9 Å². The van der Waals surface area contributed by atoms with Crippen molar-refractivity contribution in [2.24, 2.45) is 0 Å². The highest BCUT2D eigenvalue weighted by atomic mass is 19.4. The number of carbonyl (C=O) groups is 1. The minimum absolute atomic E-state index is 0.0422. The van der Waals surface area contributed by atoms with Gasteiger partial charge in [0.1, 0.15) is 18.0 Å². The lowest BCUT2D eigenvalue weighted by molar-refractivity contribution is -0.137. The first-order valence-electron chi connectivity index (χ1n) is 12.8. The van der Waals surface area contributed by atoms with E-state index in [0.717, 1.165) is 50.8 Å². The number of rotatable bonds is 9. The minimum Gasteiger partial charge on any atom is -0.372 e. The molecule has 2 aromatic heterocycles. The Bertz CT molecular complexity index is 1050. The number of nitrogens with one attached hydrogen (secondary N) is 2. The number of halogens is 3. The predicted octanol–water partition coefficient (Wildman–Crippen LogP) is 3.45. The second-order valence-electron chi connectivity index (χ2n) is 9.42. The van der Waals surface area contributed by atoms with Gasteiger partial charge in [-0.15, -0.1) is 0 Å². The molecule has 0 bridgehead atoms. The Morgan fingerprint density at radius 2 is 2.00 bits per heavy atom. The molecule has 2 saturated heterocycles. The number of amides is 1. The normalized spacial score (nSPS) is 18.2. The predicted molar refractivity (Wildman–Crippen MR) is 133 cm³/mol. The molecule has 0 radical (unpaired) electrons. The first kappa shape index (κ1) is 27.1. The van der Waals surface area contributed by atoms with Gasteiger partial charge >= 0.3 is 6.18 Å². The van der Waals surface area contributed by atoms with Gasteiger partial charge in [0.15, 0.2) is 0 Å². The van der Waals surface area contributed by atoms with E-state index in [0.29, 0.717) is 31.8 Å². The number of alkyl halides is 3. The Hall–Kier alpha value is -2.93. The van der Waals surface area contributed by atoms with E-state index in [4.69, 9.17) is 4.74 Å². The lowest BCUT2D eigenvalue weighted by Gasteiger charge is -2.31. The van der Waals surface area contributed by atoms with Crippen LogP contribution in [-0.2, 0) is 15.7 Å². The zero-order valence-electron chi connectivity index (χ0n) is 21.4. The molecule has 0 spiro atoms. The van der Waals surface area contributed by atoms with Gasteiger partial charge in [0, 0.05) is 51.7 Å². The molecule has 2 N–H and O–H groups in total. The molecule has 0 aliphatic carbocycles. The summed E-state index contributed by atoms with van der Waals surface area (Å²) >= 11 is 0. The van der Waals surface area contributed by atoms with Gasteiger partial charge in [-0.05, 0) is 39.2 Å². The molecule has 2 aliphatic rings. The van der Waals surface area contributed by atoms with Crippen LogP contribution in [0.2, 0.25) is 0 Å². The van der Waals surface area contributed by atoms with Crippen molar-refractivity contribution in [3.05, 3.63) is 23.7 Å². The van der Waals surface area contributed by atoms with Crippen LogP contribution in [0.15, 0.2) is 12.4 Å². The summed E-state index contributed by atoms with van der Waals surface area (Å²) in [6.45, 7) is 8.87. The SMILES string of the molecule is CCN1CCC(n2cc(Nc3ncc(C(F)(F)F)c(NCCCN4CCCOCC4=O)n3)c(C)n2)CC1. The van der Waals surface area contributed by atoms with E-state index in [1.54, 1.807) is 4.90 Å². The first-order valence-corrected chi connectivity index (χ1v) is 12.8. The molecule has 4 heterocycles. The smallest absolute Gasteiger partial charge is 0.372 e. The maximum Gasteiger partial charge on any atom is 0.421 e. The van der Waals surface area contributed by atoms with Crippen LogP contribution >= 0.6 is 0 Å². The zero-order chi connectivity index (χ0) is 26.4. The van der Waals surface area contributed by atoms with Crippen molar-refractivity contribution < 1.29 is 22.7 Å². The summed E-state index contributed by atoms with van der Waals surface area (Å²) in [6.07, 6.45) is 1.26. The average Bonchev–Trinajstić information content (AvgIpc) is 3.10. The maximum atomic E-state index is 13.6. The molecule has 10 nitrogen and oxygen atoms in total. The van der Waals surface area contributed by atoms with Crippen molar-refractivity contribution in [2.45, 2.75) is 51.7 Å². The Morgan fingerprint density at radius 3 is 2.73 bits per heavy atom. The molecule has 0 atom stereocenters. The third-order valence-corrected chi connectivity index (χ3v) is 6.83. The number of hydrogen-bond donors (Lipinski definition) is 2. The van der Waals surface area contributed by atoms with E-state index in [1.807, 2.05) is 17.8 Å². The lowest BCUT2D eigenvalue weighted by atomic mass is 10.1. The molecule has 2 aliphatic heterocycles. The molecular weight excluding hydrogens is 489 g/mol. The number of aromatic nitrogens is 4. The van der Waals surface area contributed by atoms with Gasteiger partial charge in [0.2, 0.25) is 11.9 Å². The van der Waals surface area contributed by atoms with E-state index < -0.39 is 11.7 Å². The standard InChI is InChI=1S/C24H35F3N8O2/c1-3-33-11-6-18(7-12-33)35-15-20(17(2)32-35)30-23-29-14-19(24(25,26)27)22(31-23)28-8-4-9-34-10-5-13-37-16-21(34)36/h14-15,18H,3-13,16H2,1-2H3,(H2,28,29,30,31). The van der Waals surface area contributed by atoms with Crippen molar-refractivity contribution in [3.63, 3.8) is 0 Å². The monoisotopic (exact) mass is 524 g/mol. The lowest BCUT2D eigenvalue weighted by Crippen LogP contribution is -2.34. The van der Waals surface area contributed by atoms with Crippen LogP contribution in [0.25, 0.3) is 0 Å². The number of ether oxygens (including phenoxy) is 1. The van der Waals surface area contributed by atoms with E-state index in [1.165, 1.54) is 0 Å². The Morgan fingerprint density at radius 1 is 1.22 bits per heavy atom. The molecule has 37 heavy (non-hydrogen) atoms. The van der Waals surface area contributed by atoms with Crippen molar-refractivity contribution >= 4 is 23.4 Å². The number of likely N-dealkylation sites (tertiary alicyclic amines) is 1. The fourth-order valence-corrected chi connectivity index (χ4v) is 4.64. The van der Waals surface area contributed by atoms with Crippen molar-refractivity contribution in [3.8, 4) is 0 Å². The van der Waals surface area contributed by atoms with Gasteiger partial charge in [0.05, 0.1) is 17.4 Å². The first-order chi connectivity index (χ1) is 17.7. The quantitative estimate of drug-likeness (QED) is 0.481. The summed E-state index contributed by atoms with van der Waals surface area (Å²) in [5.74, 6) is -0.347. The average molecular weight is 525 g/mol. The summed E-state index contributed by atoms with van der Waals surface area (Å²) in [5.41, 5.74) is 0.444. The molecule has 4 rings (SSSR count). The van der Waals surface area contributed by atoms with E-state index in [-0.39, 0.29) is 36.9 Å². The van der Waals surface area contributed by atoms with Crippen molar-refractivity contribution in [1.82, 2.24) is 29.5 Å². The van der Waals surface area contributed by atoms with Gasteiger partial charge in [-0.1, -0.05) is 6.92 Å². The minimum atomic E-state index is -4.60. The fraction of sp³-hybridized carbons (Fsp3) is 0.667. The molecule has 0 saturated carbocycles. The van der Waals surface area contributed by atoms with Crippen LogP contribution in [0, 0.1) is 6.92 Å². The molecule has 2 fully saturated rings. The molecular formula is C24H35F3N8O2. The Labute approximate surface area is 214 Å². The maximum absolute atomic E-state index is 13.6. The molecule has 204 valence electrons. The molecule has 0 unspecified atom stereocenters. The summed E-state index contributed by atoms with van der Waals surface area (Å²) in [4.78, 5) is 24.2. The van der Waals surface area contributed by atoms with Gasteiger partial charge in [0.25, 0.3) is 0 Å². The molecule has 0 aromatic carbocycles. The van der Waals surface area contributed by atoms with Crippen LogP contribution in [-0.4, -0.2) is 87.9 Å². The van der Waals surface area contributed by atoms with E-state index >= 15 is 0 Å². The van der Waals surface area contributed by atoms with E-state index in [9.17, 15) is 18.0 Å². The zero-order valence-corrected chi connectivity index (χ0v) is 21.4. The Balaban J connectivity index is 1.41. The van der Waals surface area contributed by atoms with E-state index in [2.05, 4.69) is 37.5 Å². The van der Waals surface area contributed by atoms with Gasteiger partial charge in [-0.2, -0.15) is 23.3 Å². The fourth-order valence-electron chi connectivity index (χ4n) is 4.64. The largest absolute Gasteiger partial charge is 0.421 e. The highest BCUT2D eigenvalue weighted by molar-refractivity contribution is 5.77. The number of anilines is 3. The summed E-state index contributed by atoms with van der Waals surface area (Å²) < 4.78 is 48.0. The van der Waals surface area contributed by atoms with Gasteiger partial charge < -0.3 is 25.2 Å². The number of aryl methyl sites for hydroxylation is 1.